The normalized spacial score (nSPS) is 13.5. The minimum Gasteiger partial charge on any atom is -0.507 e. The molecule has 0 radical (unpaired) electrons. The summed E-state index contributed by atoms with van der Waals surface area (Å²) < 4.78 is 5.52. The van der Waals surface area contributed by atoms with Crippen LogP contribution in [-0.2, 0) is 14.3 Å². The Hall–Kier alpha value is -3.55. The summed E-state index contributed by atoms with van der Waals surface area (Å²) in [5, 5.41) is 17.1. The third-order valence-corrected chi connectivity index (χ3v) is 8.04. The molecule has 3 atom stereocenters. The number of rotatable bonds is 15. The number of aromatic hydroxyl groups is 1. The highest BCUT2D eigenvalue weighted by Gasteiger charge is 2.39. The van der Waals surface area contributed by atoms with Gasteiger partial charge in [0.1, 0.15) is 23.4 Å². The summed E-state index contributed by atoms with van der Waals surface area (Å²) >= 11 is 0. The first-order chi connectivity index (χ1) is 20.7. The molecule has 8 nitrogen and oxygen atoms in total. The second kappa shape index (κ2) is 17.1. The lowest BCUT2D eigenvalue weighted by Gasteiger charge is -2.36. The van der Waals surface area contributed by atoms with Gasteiger partial charge < -0.3 is 25.4 Å². The summed E-state index contributed by atoms with van der Waals surface area (Å²) in [5.74, 6) is -1.09. The minimum absolute atomic E-state index is 0.0323. The molecule has 244 valence electrons. The van der Waals surface area contributed by atoms with E-state index < -0.39 is 29.7 Å². The third-order valence-electron chi connectivity index (χ3n) is 8.04. The van der Waals surface area contributed by atoms with Crippen LogP contribution < -0.4 is 10.6 Å². The van der Waals surface area contributed by atoms with Crippen molar-refractivity contribution in [3.63, 3.8) is 0 Å². The molecular formula is C36H55N3O5. The van der Waals surface area contributed by atoms with Crippen molar-refractivity contribution >= 4 is 23.6 Å². The largest absolute Gasteiger partial charge is 0.507 e. The summed E-state index contributed by atoms with van der Waals surface area (Å²) in [6.45, 7) is 17.2. The zero-order valence-electron chi connectivity index (χ0n) is 28.4. The van der Waals surface area contributed by atoms with Gasteiger partial charge in [0.05, 0.1) is 0 Å². The number of nitrogens with one attached hydrogen (secondary N) is 2. The highest BCUT2D eigenvalue weighted by Crippen LogP contribution is 2.34. The molecule has 2 rings (SSSR count). The van der Waals surface area contributed by atoms with Crippen LogP contribution in [0.3, 0.4) is 0 Å². The molecule has 0 spiro atoms. The van der Waals surface area contributed by atoms with E-state index in [4.69, 9.17) is 4.74 Å². The van der Waals surface area contributed by atoms with Crippen LogP contribution in [0.1, 0.15) is 115 Å². The molecule has 3 amide bonds. The van der Waals surface area contributed by atoms with Crippen LogP contribution in [0.4, 0.5) is 10.5 Å². The number of aryl methyl sites for hydroxylation is 3. The zero-order chi connectivity index (χ0) is 33.0. The van der Waals surface area contributed by atoms with E-state index in [1.807, 2.05) is 45.9 Å². The lowest BCUT2D eigenvalue weighted by molar-refractivity contribution is -0.142. The standard InChI is InChI=1S/C36H55N3O5/c1-10-12-13-14-15-16-23-39(34(42)30(24(3)11-2)38-35(43)44-36(7,8)9)31(28-22-18-21-27(6)32(28)40)33(41)37-29-25(4)19-17-20-26(29)5/h17-22,24,30-31,40H,10-16,23H2,1-9H3,(H,37,41)(H,38,43). The van der Waals surface area contributed by atoms with Gasteiger partial charge in [-0.3, -0.25) is 9.59 Å². The average molecular weight is 610 g/mol. The van der Waals surface area contributed by atoms with Gasteiger partial charge in [-0.15, -0.1) is 0 Å². The van der Waals surface area contributed by atoms with Gasteiger partial charge in [-0.2, -0.15) is 0 Å². The third kappa shape index (κ3) is 10.6. The molecule has 8 heteroatoms. The van der Waals surface area contributed by atoms with Crippen molar-refractivity contribution in [1.29, 1.82) is 0 Å². The zero-order valence-corrected chi connectivity index (χ0v) is 28.4. The highest BCUT2D eigenvalue weighted by atomic mass is 16.6. The number of unbranched alkanes of at least 4 members (excludes halogenated alkanes) is 5. The van der Waals surface area contributed by atoms with Crippen molar-refractivity contribution in [2.24, 2.45) is 5.92 Å². The lowest BCUT2D eigenvalue weighted by Crippen LogP contribution is -2.55. The van der Waals surface area contributed by atoms with E-state index in [0.29, 0.717) is 29.7 Å². The Morgan fingerprint density at radius 1 is 0.886 bits per heavy atom. The van der Waals surface area contributed by atoms with Gasteiger partial charge in [-0.05, 0) is 70.6 Å². The van der Waals surface area contributed by atoms with Crippen molar-refractivity contribution in [2.45, 2.75) is 125 Å². The second-order valence-electron chi connectivity index (χ2n) is 13.0. The predicted octanol–water partition coefficient (Wildman–Crippen LogP) is 8.13. The van der Waals surface area contributed by atoms with Gasteiger partial charge >= 0.3 is 6.09 Å². The molecule has 0 saturated carbocycles. The fraction of sp³-hybridized carbons (Fsp3) is 0.583. The monoisotopic (exact) mass is 609 g/mol. The molecule has 0 bridgehead atoms. The lowest BCUT2D eigenvalue weighted by atomic mass is 9.94. The number of phenolic OH excluding ortho intramolecular Hbond substituents is 1. The number of benzene rings is 2. The molecule has 3 unspecified atom stereocenters. The molecule has 0 aliphatic rings. The summed E-state index contributed by atoms with van der Waals surface area (Å²) in [7, 11) is 0. The number of carbonyl (C=O) groups excluding carboxylic acids is 3. The molecule has 3 N–H and O–H groups in total. The smallest absolute Gasteiger partial charge is 0.408 e. The van der Waals surface area contributed by atoms with Gasteiger partial charge in [0, 0.05) is 17.8 Å². The van der Waals surface area contributed by atoms with Crippen LogP contribution in [0.15, 0.2) is 36.4 Å². The summed E-state index contributed by atoms with van der Waals surface area (Å²) in [6.07, 6.45) is 5.90. The molecule has 0 fully saturated rings. The van der Waals surface area contributed by atoms with Gasteiger partial charge in [0.15, 0.2) is 0 Å². The Balaban J connectivity index is 2.63. The van der Waals surface area contributed by atoms with Crippen molar-refractivity contribution in [3.8, 4) is 5.75 Å². The number of carbonyl (C=O) groups is 3. The molecular weight excluding hydrogens is 554 g/mol. The number of para-hydroxylation sites is 2. The quantitative estimate of drug-likeness (QED) is 0.177. The Kier molecular flexibility index (Phi) is 14.2. The Labute approximate surface area is 264 Å². The first kappa shape index (κ1) is 36.6. The number of nitrogens with zero attached hydrogens (tertiary/aromatic N) is 1. The fourth-order valence-electron chi connectivity index (χ4n) is 5.28. The summed E-state index contributed by atoms with van der Waals surface area (Å²) in [6, 6.07) is 8.94. The van der Waals surface area contributed by atoms with Crippen molar-refractivity contribution in [3.05, 3.63) is 58.7 Å². The van der Waals surface area contributed by atoms with Gasteiger partial charge in [0.2, 0.25) is 5.91 Å². The molecule has 0 aliphatic heterocycles. The maximum atomic E-state index is 14.6. The number of hydrogen-bond donors (Lipinski definition) is 3. The average Bonchev–Trinajstić information content (AvgIpc) is 2.95. The maximum Gasteiger partial charge on any atom is 0.408 e. The van der Waals surface area contributed by atoms with E-state index in [2.05, 4.69) is 17.6 Å². The predicted molar refractivity (Wildman–Crippen MR) is 178 cm³/mol. The Morgan fingerprint density at radius 2 is 1.45 bits per heavy atom. The van der Waals surface area contributed by atoms with E-state index in [0.717, 1.165) is 43.2 Å². The van der Waals surface area contributed by atoms with E-state index in [1.165, 1.54) is 0 Å². The molecule has 2 aromatic carbocycles. The molecule has 0 saturated heterocycles. The second-order valence-corrected chi connectivity index (χ2v) is 13.0. The Morgan fingerprint density at radius 3 is 2.05 bits per heavy atom. The Bertz CT molecular complexity index is 1230. The highest BCUT2D eigenvalue weighted by molar-refractivity contribution is 6.00. The van der Waals surface area contributed by atoms with Gasteiger partial charge in [0.25, 0.3) is 5.91 Å². The van der Waals surface area contributed by atoms with E-state index in [1.54, 1.807) is 50.8 Å². The number of ether oxygens (including phenoxy) is 1. The van der Waals surface area contributed by atoms with Crippen LogP contribution in [-0.4, -0.2) is 46.1 Å². The van der Waals surface area contributed by atoms with Crippen LogP contribution in [0.25, 0.3) is 0 Å². The molecule has 0 aromatic heterocycles. The van der Waals surface area contributed by atoms with Gasteiger partial charge in [-0.1, -0.05) is 95.7 Å². The molecule has 2 aromatic rings. The first-order valence-electron chi connectivity index (χ1n) is 16.2. The first-order valence-corrected chi connectivity index (χ1v) is 16.2. The van der Waals surface area contributed by atoms with Crippen molar-refractivity contribution in [2.75, 3.05) is 11.9 Å². The molecule has 44 heavy (non-hydrogen) atoms. The summed E-state index contributed by atoms with van der Waals surface area (Å²) in [5.41, 5.74) is 2.66. The topological polar surface area (TPSA) is 108 Å². The number of hydrogen-bond acceptors (Lipinski definition) is 5. The number of phenols is 1. The maximum absolute atomic E-state index is 14.6. The van der Waals surface area contributed by atoms with E-state index in [-0.39, 0.29) is 24.1 Å². The van der Waals surface area contributed by atoms with Crippen LogP contribution >= 0.6 is 0 Å². The van der Waals surface area contributed by atoms with Gasteiger partial charge in [-0.25, -0.2) is 4.79 Å². The van der Waals surface area contributed by atoms with Crippen LogP contribution in [0.2, 0.25) is 0 Å². The summed E-state index contributed by atoms with van der Waals surface area (Å²) in [4.78, 5) is 43.4. The van der Waals surface area contributed by atoms with Crippen molar-refractivity contribution in [1.82, 2.24) is 10.2 Å². The SMILES string of the molecule is CCCCCCCCN(C(=O)C(NC(=O)OC(C)(C)C)C(C)CC)C(C(=O)Nc1c(C)cccc1C)c1cccc(C)c1O. The number of alkyl carbamates (subject to hydrolysis) is 1. The molecule has 0 heterocycles. The van der Waals surface area contributed by atoms with E-state index in [9.17, 15) is 19.5 Å². The minimum atomic E-state index is -1.14. The van der Waals surface area contributed by atoms with E-state index >= 15 is 0 Å². The number of anilines is 1. The van der Waals surface area contributed by atoms with Crippen molar-refractivity contribution < 1.29 is 24.2 Å². The number of amides is 3. The molecule has 0 aliphatic carbocycles. The fourth-order valence-corrected chi connectivity index (χ4v) is 5.28. The van der Waals surface area contributed by atoms with Crippen LogP contribution in [0, 0.1) is 26.7 Å². The van der Waals surface area contributed by atoms with Crippen LogP contribution in [0.5, 0.6) is 5.75 Å².